The Hall–Kier alpha value is -3.94. The highest BCUT2D eigenvalue weighted by molar-refractivity contribution is 6.03. The first kappa shape index (κ1) is 26.1. The van der Waals surface area contributed by atoms with E-state index in [1.165, 1.54) is 6.07 Å². The number of carboxylic acids is 1. The number of halogens is 4. The summed E-state index contributed by atoms with van der Waals surface area (Å²) in [6.45, 7) is 7.30. The van der Waals surface area contributed by atoms with E-state index in [0.717, 1.165) is 37.3 Å². The first-order valence-electron chi connectivity index (χ1n) is 11.4. The molecule has 0 unspecified atom stereocenters. The van der Waals surface area contributed by atoms with Crippen LogP contribution in [0.15, 0.2) is 30.7 Å². The number of urea groups is 1. The third kappa shape index (κ3) is 5.74. The van der Waals surface area contributed by atoms with Crippen molar-refractivity contribution in [2.45, 2.75) is 32.5 Å². The summed E-state index contributed by atoms with van der Waals surface area (Å²) >= 11 is 0. The van der Waals surface area contributed by atoms with Gasteiger partial charge in [0.1, 0.15) is 5.82 Å². The van der Waals surface area contributed by atoms with E-state index in [9.17, 15) is 22.4 Å². The van der Waals surface area contributed by atoms with Gasteiger partial charge in [-0.2, -0.15) is 13.2 Å². The van der Waals surface area contributed by atoms with Gasteiger partial charge in [-0.3, -0.25) is 4.90 Å². The Balaban J connectivity index is 0.000000405. The Morgan fingerprint density at radius 1 is 1.24 bits per heavy atom. The Bertz CT molecular complexity index is 1330. The Labute approximate surface area is 208 Å². The van der Waals surface area contributed by atoms with Crippen molar-refractivity contribution in [2.24, 2.45) is 0 Å². The SMILES string of the molecule is Cc1cn2cc(NC(=O)N3CCc4c(N5CCN[C@H](C)C5)ccnc43)cc(F)c2n1.O=C(O)C(F)(F)F. The first-order valence-corrected chi connectivity index (χ1v) is 11.4. The highest BCUT2D eigenvalue weighted by Crippen LogP contribution is 2.34. The zero-order chi connectivity index (χ0) is 26.9. The van der Waals surface area contributed by atoms with Crippen molar-refractivity contribution in [2.75, 3.05) is 41.3 Å². The number of fused-ring (bicyclic) bond motifs is 2. The quantitative estimate of drug-likeness (QED) is 0.442. The molecule has 2 aliphatic rings. The standard InChI is InChI=1S/C21H24FN7O.C2HF3O2/c1-13-10-27(8-6-23-13)18-3-5-24-19-16(18)4-7-29(19)21(30)26-15-9-17(22)20-25-14(2)11-28(20)12-15;3-2(4,5)1(6)7/h3,5,9,11-13,23H,4,6-8,10H2,1-2H3,(H,26,30);(H,6,7)/t13-;/m1./s1. The molecule has 0 saturated carbocycles. The van der Waals surface area contributed by atoms with Crippen molar-refractivity contribution >= 4 is 34.8 Å². The molecule has 1 atom stereocenters. The zero-order valence-corrected chi connectivity index (χ0v) is 20.0. The van der Waals surface area contributed by atoms with E-state index in [2.05, 4.69) is 32.4 Å². The summed E-state index contributed by atoms with van der Waals surface area (Å²) in [5.41, 5.74) is 3.57. The second-order valence-electron chi connectivity index (χ2n) is 8.76. The highest BCUT2D eigenvalue weighted by atomic mass is 19.4. The van der Waals surface area contributed by atoms with E-state index in [1.54, 1.807) is 34.8 Å². The minimum atomic E-state index is -5.08. The fourth-order valence-electron chi connectivity index (χ4n) is 4.36. The number of nitrogens with zero attached hydrogens (tertiary/aromatic N) is 5. The molecule has 3 N–H and O–H groups in total. The lowest BCUT2D eigenvalue weighted by Gasteiger charge is -2.34. The maximum absolute atomic E-state index is 14.3. The molecule has 0 bridgehead atoms. The van der Waals surface area contributed by atoms with Crippen LogP contribution < -0.4 is 20.4 Å². The molecule has 198 valence electrons. The van der Waals surface area contributed by atoms with Crippen LogP contribution in [0.2, 0.25) is 0 Å². The molecule has 3 aromatic rings. The van der Waals surface area contributed by atoms with Gasteiger partial charge in [0.15, 0.2) is 11.5 Å². The number of anilines is 3. The monoisotopic (exact) mass is 523 g/mol. The lowest BCUT2D eigenvalue weighted by Crippen LogP contribution is -2.49. The summed E-state index contributed by atoms with van der Waals surface area (Å²) < 4.78 is 47.7. The van der Waals surface area contributed by atoms with Crippen molar-refractivity contribution in [3.8, 4) is 0 Å². The number of hydrogen-bond donors (Lipinski definition) is 3. The Kier molecular flexibility index (Phi) is 7.21. The van der Waals surface area contributed by atoms with Gasteiger partial charge in [-0.05, 0) is 26.3 Å². The number of carbonyl (C=O) groups excluding carboxylic acids is 1. The highest BCUT2D eigenvalue weighted by Gasteiger charge is 2.38. The second-order valence-corrected chi connectivity index (χ2v) is 8.76. The van der Waals surface area contributed by atoms with Gasteiger partial charge in [-0.15, -0.1) is 0 Å². The minimum Gasteiger partial charge on any atom is -0.475 e. The van der Waals surface area contributed by atoms with Crippen molar-refractivity contribution in [1.82, 2.24) is 19.7 Å². The number of aliphatic carboxylic acids is 1. The number of alkyl halides is 3. The fourth-order valence-corrected chi connectivity index (χ4v) is 4.36. The molecule has 2 amide bonds. The number of pyridine rings is 2. The van der Waals surface area contributed by atoms with Gasteiger partial charge in [0.05, 0.1) is 11.4 Å². The van der Waals surface area contributed by atoms with Gasteiger partial charge in [-0.1, -0.05) is 0 Å². The van der Waals surface area contributed by atoms with Gasteiger partial charge in [0.25, 0.3) is 0 Å². The van der Waals surface area contributed by atoms with E-state index >= 15 is 0 Å². The summed E-state index contributed by atoms with van der Waals surface area (Å²) in [4.78, 5) is 34.5. The summed E-state index contributed by atoms with van der Waals surface area (Å²) in [7, 11) is 0. The fraction of sp³-hybridized carbons (Fsp3) is 0.391. The van der Waals surface area contributed by atoms with Crippen LogP contribution in [0, 0.1) is 12.7 Å². The molecule has 0 spiro atoms. The summed E-state index contributed by atoms with van der Waals surface area (Å²) in [6.07, 6.45) is 0.811. The summed E-state index contributed by atoms with van der Waals surface area (Å²) in [5, 5.41) is 13.4. The van der Waals surface area contributed by atoms with E-state index in [1.807, 2.05) is 6.07 Å². The van der Waals surface area contributed by atoms with E-state index in [0.29, 0.717) is 29.8 Å². The lowest BCUT2D eigenvalue weighted by atomic mass is 10.1. The molecular formula is C23H25F4N7O3. The smallest absolute Gasteiger partial charge is 0.475 e. The largest absolute Gasteiger partial charge is 0.490 e. The number of rotatable bonds is 2. The van der Waals surface area contributed by atoms with Crippen LogP contribution in [0.3, 0.4) is 0 Å². The number of imidazole rings is 1. The molecule has 1 fully saturated rings. The first-order chi connectivity index (χ1) is 17.4. The predicted octanol–water partition coefficient (Wildman–Crippen LogP) is 3.20. The predicted molar refractivity (Wildman–Crippen MR) is 128 cm³/mol. The van der Waals surface area contributed by atoms with Crippen LogP contribution >= 0.6 is 0 Å². The number of piperazine rings is 1. The third-order valence-electron chi connectivity index (χ3n) is 5.92. The van der Waals surface area contributed by atoms with Crippen LogP contribution in [-0.2, 0) is 11.2 Å². The number of carbonyl (C=O) groups is 2. The molecule has 10 nitrogen and oxygen atoms in total. The Morgan fingerprint density at radius 3 is 2.65 bits per heavy atom. The number of aryl methyl sites for hydroxylation is 1. The zero-order valence-electron chi connectivity index (χ0n) is 20.0. The van der Waals surface area contributed by atoms with E-state index < -0.39 is 18.0 Å². The number of nitrogens with one attached hydrogen (secondary N) is 2. The molecule has 0 aromatic carbocycles. The van der Waals surface area contributed by atoms with Crippen LogP contribution in [0.25, 0.3) is 5.65 Å². The molecule has 5 rings (SSSR count). The molecule has 2 aliphatic heterocycles. The van der Waals surface area contributed by atoms with Crippen molar-refractivity contribution in [3.05, 3.63) is 47.8 Å². The van der Waals surface area contributed by atoms with Crippen molar-refractivity contribution in [3.63, 3.8) is 0 Å². The van der Waals surface area contributed by atoms with Crippen molar-refractivity contribution in [1.29, 1.82) is 0 Å². The number of hydrogen-bond acceptors (Lipinski definition) is 6. The maximum atomic E-state index is 14.3. The minimum absolute atomic E-state index is 0.244. The van der Waals surface area contributed by atoms with Crippen LogP contribution in [-0.4, -0.2) is 69.9 Å². The van der Waals surface area contributed by atoms with Gasteiger partial charge < -0.3 is 25.0 Å². The molecule has 0 radical (unpaired) electrons. The average molecular weight is 523 g/mol. The van der Waals surface area contributed by atoms with Crippen LogP contribution in [0.1, 0.15) is 18.2 Å². The van der Waals surface area contributed by atoms with Gasteiger partial charge >= 0.3 is 18.2 Å². The van der Waals surface area contributed by atoms with Gasteiger partial charge in [-0.25, -0.2) is 23.9 Å². The number of amides is 2. The molecule has 0 aliphatic carbocycles. The third-order valence-corrected chi connectivity index (χ3v) is 5.92. The molecule has 14 heteroatoms. The maximum Gasteiger partial charge on any atom is 0.490 e. The molecule has 3 aromatic heterocycles. The molecule has 37 heavy (non-hydrogen) atoms. The lowest BCUT2D eigenvalue weighted by molar-refractivity contribution is -0.192. The summed E-state index contributed by atoms with van der Waals surface area (Å²) in [6, 6.07) is 3.42. The van der Waals surface area contributed by atoms with Crippen LogP contribution in [0.4, 0.5) is 39.5 Å². The number of carboxylic acid groups (broad SMARTS) is 1. The van der Waals surface area contributed by atoms with E-state index in [4.69, 9.17) is 9.90 Å². The van der Waals surface area contributed by atoms with E-state index in [-0.39, 0.29) is 11.7 Å². The molecular weight excluding hydrogens is 498 g/mol. The second kappa shape index (κ2) is 10.2. The van der Waals surface area contributed by atoms with Gasteiger partial charge in [0, 0.05) is 68.1 Å². The molecule has 1 saturated heterocycles. The topological polar surface area (TPSA) is 115 Å². The average Bonchev–Trinajstić information content (AvgIpc) is 3.42. The summed E-state index contributed by atoms with van der Waals surface area (Å²) in [5.74, 6) is -2.56. The van der Waals surface area contributed by atoms with Crippen LogP contribution in [0.5, 0.6) is 0 Å². The van der Waals surface area contributed by atoms with Crippen molar-refractivity contribution < 1.29 is 32.3 Å². The molecule has 5 heterocycles. The van der Waals surface area contributed by atoms with Gasteiger partial charge in [0.2, 0.25) is 0 Å². The number of aromatic nitrogens is 3. The normalized spacial score (nSPS) is 17.3. The Morgan fingerprint density at radius 2 is 1.97 bits per heavy atom.